The van der Waals surface area contributed by atoms with Gasteiger partial charge in [-0.25, -0.2) is 0 Å². The fourth-order valence-corrected chi connectivity index (χ4v) is 2.56. The maximum Gasteiger partial charge on any atom is 0.0576 e. The summed E-state index contributed by atoms with van der Waals surface area (Å²) in [7, 11) is 0. The second-order valence-electron chi connectivity index (χ2n) is 5.35. The van der Waals surface area contributed by atoms with E-state index in [-0.39, 0.29) is 5.54 Å². The van der Waals surface area contributed by atoms with Crippen molar-refractivity contribution in [2.45, 2.75) is 83.3 Å². The first kappa shape index (κ1) is 14.0. The first-order valence-electron chi connectivity index (χ1n) is 7.10. The Morgan fingerprint density at radius 3 is 2.56 bits per heavy atom. The molecule has 1 aliphatic rings. The molecule has 1 aliphatic heterocycles. The van der Waals surface area contributed by atoms with Crippen molar-refractivity contribution >= 4 is 0 Å². The molecule has 96 valence electrons. The van der Waals surface area contributed by atoms with E-state index in [1.165, 1.54) is 51.4 Å². The minimum absolute atomic E-state index is 0.0919. The van der Waals surface area contributed by atoms with Crippen LogP contribution < -0.4 is 5.73 Å². The molecule has 0 aromatic heterocycles. The maximum absolute atomic E-state index is 6.43. The average molecular weight is 227 g/mol. The molecule has 2 N–H and O–H groups in total. The van der Waals surface area contributed by atoms with Crippen LogP contribution in [0.2, 0.25) is 0 Å². The highest BCUT2D eigenvalue weighted by Crippen LogP contribution is 2.25. The smallest absolute Gasteiger partial charge is 0.0576 e. The SMILES string of the molecule is CCCCC(N)(CC)CCCC1CCCO1. The van der Waals surface area contributed by atoms with E-state index >= 15 is 0 Å². The summed E-state index contributed by atoms with van der Waals surface area (Å²) in [6.45, 7) is 5.44. The van der Waals surface area contributed by atoms with Crippen LogP contribution in [0.4, 0.5) is 0 Å². The number of hydrogen-bond donors (Lipinski definition) is 1. The summed E-state index contributed by atoms with van der Waals surface area (Å²) in [5.74, 6) is 0. The van der Waals surface area contributed by atoms with E-state index in [0.29, 0.717) is 6.10 Å². The molecule has 2 nitrogen and oxygen atoms in total. The summed E-state index contributed by atoms with van der Waals surface area (Å²) < 4.78 is 5.64. The average Bonchev–Trinajstić information content (AvgIpc) is 2.79. The first-order valence-corrected chi connectivity index (χ1v) is 7.10. The van der Waals surface area contributed by atoms with Crippen LogP contribution in [0.1, 0.15) is 71.6 Å². The lowest BCUT2D eigenvalue weighted by atomic mass is 9.85. The lowest BCUT2D eigenvalue weighted by molar-refractivity contribution is 0.0996. The Bertz CT molecular complexity index is 178. The van der Waals surface area contributed by atoms with Crippen molar-refractivity contribution in [3.8, 4) is 0 Å². The van der Waals surface area contributed by atoms with E-state index in [9.17, 15) is 0 Å². The van der Waals surface area contributed by atoms with Gasteiger partial charge >= 0.3 is 0 Å². The van der Waals surface area contributed by atoms with Crippen LogP contribution in [0.25, 0.3) is 0 Å². The van der Waals surface area contributed by atoms with Crippen molar-refractivity contribution in [2.24, 2.45) is 5.73 Å². The summed E-state index contributed by atoms with van der Waals surface area (Å²) in [5, 5.41) is 0. The molecule has 0 radical (unpaired) electrons. The number of rotatable bonds is 8. The highest BCUT2D eigenvalue weighted by Gasteiger charge is 2.23. The molecule has 1 heterocycles. The van der Waals surface area contributed by atoms with Crippen LogP contribution in [0.15, 0.2) is 0 Å². The summed E-state index contributed by atoms with van der Waals surface area (Å²) in [6, 6.07) is 0. The Kier molecular flexibility index (Phi) is 6.37. The molecule has 2 atom stereocenters. The third-order valence-corrected chi connectivity index (χ3v) is 3.96. The summed E-state index contributed by atoms with van der Waals surface area (Å²) in [6.07, 6.45) is 11.5. The lowest BCUT2D eigenvalue weighted by Crippen LogP contribution is -2.39. The first-order chi connectivity index (χ1) is 7.70. The summed E-state index contributed by atoms with van der Waals surface area (Å²) in [5.41, 5.74) is 6.52. The number of hydrogen-bond acceptors (Lipinski definition) is 2. The van der Waals surface area contributed by atoms with E-state index in [4.69, 9.17) is 10.5 Å². The molecular weight excluding hydrogens is 198 g/mol. The summed E-state index contributed by atoms with van der Waals surface area (Å²) in [4.78, 5) is 0. The highest BCUT2D eigenvalue weighted by atomic mass is 16.5. The van der Waals surface area contributed by atoms with E-state index in [2.05, 4.69) is 13.8 Å². The predicted octanol–water partition coefficient (Wildman–Crippen LogP) is 3.63. The molecule has 0 aliphatic carbocycles. The Balaban J connectivity index is 2.16. The van der Waals surface area contributed by atoms with Crippen molar-refractivity contribution in [1.29, 1.82) is 0 Å². The van der Waals surface area contributed by atoms with Gasteiger partial charge in [0, 0.05) is 12.1 Å². The zero-order chi connectivity index (χ0) is 11.9. The topological polar surface area (TPSA) is 35.2 Å². The van der Waals surface area contributed by atoms with Gasteiger partial charge in [0.05, 0.1) is 6.10 Å². The molecule has 1 rings (SSSR count). The number of ether oxygens (including phenoxy) is 1. The fraction of sp³-hybridized carbons (Fsp3) is 1.00. The zero-order valence-corrected chi connectivity index (χ0v) is 11.1. The second-order valence-corrected chi connectivity index (χ2v) is 5.35. The van der Waals surface area contributed by atoms with Gasteiger partial charge in [-0.2, -0.15) is 0 Å². The molecule has 16 heavy (non-hydrogen) atoms. The normalized spacial score (nSPS) is 24.6. The van der Waals surface area contributed by atoms with Gasteiger partial charge in [-0.05, 0) is 44.9 Å². The summed E-state index contributed by atoms with van der Waals surface area (Å²) >= 11 is 0. The van der Waals surface area contributed by atoms with Gasteiger partial charge < -0.3 is 10.5 Å². The van der Waals surface area contributed by atoms with Crippen molar-refractivity contribution in [3.63, 3.8) is 0 Å². The molecule has 1 fully saturated rings. The van der Waals surface area contributed by atoms with Crippen LogP contribution in [0, 0.1) is 0 Å². The molecule has 1 saturated heterocycles. The third kappa shape index (κ3) is 4.84. The Labute approximate surface area is 101 Å². The third-order valence-electron chi connectivity index (χ3n) is 3.96. The Hall–Kier alpha value is -0.0800. The largest absolute Gasteiger partial charge is 0.378 e. The van der Waals surface area contributed by atoms with Crippen molar-refractivity contribution in [3.05, 3.63) is 0 Å². The number of nitrogens with two attached hydrogens (primary N) is 1. The fourth-order valence-electron chi connectivity index (χ4n) is 2.56. The molecule has 0 amide bonds. The van der Waals surface area contributed by atoms with Crippen LogP contribution >= 0.6 is 0 Å². The van der Waals surface area contributed by atoms with Crippen LogP contribution in [0.3, 0.4) is 0 Å². The predicted molar refractivity (Wildman–Crippen MR) is 69.6 cm³/mol. The van der Waals surface area contributed by atoms with Gasteiger partial charge in [0.2, 0.25) is 0 Å². The Morgan fingerprint density at radius 1 is 1.25 bits per heavy atom. The highest BCUT2D eigenvalue weighted by molar-refractivity contribution is 4.82. The zero-order valence-electron chi connectivity index (χ0n) is 11.1. The molecule has 0 aromatic carbocycles. The molecule has 0 aromatic rings. The quantitative estimate of drug-likeness (QED) is 0.687. The van der Waals surface area contributed by atoms with Gasteiger partial charge in [-0.15, -0.1) is 0 Å². The monoisotopic (exact) mass is 227 g/mol. The maximum atomic E-state index is 6.43. The van der Waals surface area contributed by atoms with Crippen molar-refractivity contribution < 1.29 is 4.74 Å². The van der Waals surface area contributed by atoms with Gasteiger partial charge in [-0.3, -0.25) is 0 Å². The minimum Gasteiger partial charge on any atom is -0.378 e. The van der Waals surface area contributed by atoms with Crippen LogP contribution in [-0.2, 0) is 4.74 Å². The van der Waals surface area contributed by atoms with Crippen LogP contribution in [0.5, 0.6) is 0 Å². The van der Waals surface area contributed by atoms with Gasteiger partial charge in [0.25, 0.3) is 0 Å². The van der Waals surface area contributed by atoms with Crippen molar-refractivity contribution in [2.75, 3.05) is 6.61 Å². The van der Waals surface area contributed by atoms with E-state index < -0.39 is 0 Å². The van der Waals surface area contributed by atoms with E-state index in [1.54, 1.807) is 0 Å². The van der Waals surface area contributed by atoms with Gasteiger partial charge in [0.1, 0.15) is 0 Å². The van der Waals surface area contributed by atoms with E-state index in [0.717, 1.165) is 13.0 Å². The van der Waals surface area contributed by atoms with Gasteiger partial charge in [0.15, 0.2) is 0 Å². The van der Waals surface area contributed by atoms with Crippen molar-refractivity contribution in [1.82, 2.24) is 0 Å². The molecule has 2 unspecified atom stereocenters. The standard InChI is InChI=1S/C14H29NO/c1-3-5-10-14(15,4-2)11-6-8-13-9-7-12-16-13/h13H,3-12,15H2,1-2H3. The molecule has 0 bridgehead atoms. The lowest BCUT2D eigenvalue weighted by Gasteiger charge is -2.28. The van der Waals surface area contributed by atoms with E-state index in [1.807, 2.05) is 0 Å². The molecule has 0 spiro atoms. The molecule has 0 saturated carbocycles. The van der Waals surface area contributed by atoms with Crippen LogP contribution in [-0.4, -0.2) is 18.2 Å². The molecular formula is C14H29NO. The number of unbranched alkanes of at least 4 members (excludes halogenated alkanes) is 1. The molecule has 2 heteroatoms. The second kappa shape index (κ2) is 7.29. The minimum atomic E-state index is 0.0919. The Morgan fingerprint density at radius 2 is 2.00 bits per heavy atom. The van der Waals surface area contributed by atoms with Gasteiger partial charge in [-0.1, -0.05) is 26.7 Å².